The largest absolute Gasteiger partial charge is 0.444 e. The van der Waals surface area contributed by atoms with Crippen LogP contribution in [0.15, 0.2) is 52.3 Å². The van der Waals surface area contributed by atoms with E-state index in [9.17, 15) is 9.18 Å². The van der Waals surface area contributed by atoms with Crippen molar-refractivity contribution in [1.82, 2.24) is 9.88 Å². The molecule has 0 bridgehead atoms. The lowest BCUT2D eigenvalue weighted by atomic mass is 10.1. The molecule has 0 aliphatic rings. The van der Waals surface area contributed by atoms with E-state index in [0.29, 0.717) is 13.0 Å². The van der Waals surface area contributed by atoms with E-state index in [-0.39, 0.29) is 11.9 Å². The lowest BCUT2D eigenvalue weighted by Gasteiger charge is -2.24. The zero-order chi connectivity index (χ0) is 21.2. The summed E-state index contributed by atoms with van der Waals surface area (Å²) in [5.74, 6) is -0.245. The molecule has 3 aromatic rings. The molecule has 0 fully saturated rings. The third-order valence-electron chi connectivity index (χ3n) is 4.50. The summed E-state index contributed by atoms with van der Waals surface area (Å²) in [6.45, 7) is 8.12. The van der Waals surface area contributed by atoms with Gasteiger partial charge in [-0.3, -0.25) is 0 Å². The number of rotatable bonds is 5. The number of aryl methyl sites for hydroxylation is 1. The highest BCUT2D eigenvalue weighted by molar-refractivity contribution is 7.99. The smallest absolute Gasteiger partial charge is 0.410 e. The molecule has 0 saturated carbocycles. The zero-order valence-corrected chi connectivity index (χ0v) is 18.3. The standard InChI is InChI=1S/C23H27FN2O2S/c1-15-21(18-14-17(24)10-11-19(18)25-15)29-20-9-7-6-8-16(20)12-13-26(5)22(27)28-23(2,3)4/h6-11,14,25H,12-13H2,1-5H3. The van der Waals surface area contributed by atoms with Crippen LogP contribution in [0, 0.1) is 12.7 Å². The number of ether oxygens (including phenoxy) is 1. The number of amides is 1. The molecule has 0 atom stereocenters. The molecule has 1 amide bonds. The number of aromatic nitrogens is 1. The average molecular weight is 415 g/mol. The molecule has 154 valence electrons. The first-order valence-corrected chi connectivity index (χ1v) is 10.4. The Bertz CT molecular complexity index is 1020. The van der Waals surface area contributed by atoms with Crippen LogP contribution in [0.2, 0.25) is 0 Å². The molecule has 0 saturated heterocycles. The lowest BCUT2D eigenvalue weighted by Crippen LogP contribution is -2.35. The molecule has 1 N–H and O–H groups in total. The zero-order valence-electron chi connectivity index (χ0n) is 17.5. The van der Waals surface area contributed by atoms with Crippen LogP contribution in [0.1, 0.15) is 32.0 Å². The van der Waals surface area contributed by atoms with Crippen molar-refractivity contribution in [3.05, 3.63) is 59.5 Å². The van der Waals surface area contributed by atoms with Crippen molar-refractivity contribution in [2.45, 2.75) is 49.5 Å². The van der Waals surface area contributed by atoms with Gasteiger partial charge in [0, 0.05) is 40.0 Å². The maximum atomic E-state index is 13.8. The maximum absolute atomic E-state index is 13.8. The monoisotopic (exact) mass is 414 g/mol. The number of likely N-dealkylation sites (N-methyl/N-ethyl adjacent to an activating group) is 1. The number of aromatic amines is 1. The molecule has 0 radical (unpaired) electrons. The van der Waals surface area contributed by atoms with Crippen LogP contribution in [-0.4, -0.2) is 35.2 Å². The Morgan fingerprint density at radius 1 is 1.21 bits per heavy atom. The maximum Gasteiger partial charge on any atom is 0.410 e. The van der Waals surface area contributed by atoms with Gasteiger partial charge in [0.2, 0.25) is 0 Å². The SMILES string of the molecule is Cc1[nH]c2ccc(F)cc2c1Sc1ccccc1CCN(C)C(=O)OC(C)(C)C. The predicted molar refractivity (Wildman–Crippen MR) is 116 cm³/mol. The third-order valence-corrected chi connectivity index (χ3v) is 5.84. The van der Waals surface area contributed by atoms with Gasteiger partial charge in [-0.15, -0.1) is 0 Å². The van der Waals surface area contributed by atoms with Crippen molar-refractivity contribution in [3.63, 3.8) is 0 Å². The van der Waals surface area contributed by atoms with Crippen LogP contribution >= 0.6 is 11.8 Å². The number of halogens is 1. The Morgan fingerprint density at radius 3 is 2.66 bits per heavy atom. The molecule has 4 nitrogen and oxygen atoms in total. The highest BCUT2D eigenvalue weighted by atomic mass is 32.2. The van der Waals surface area contributed by atoms with Gasteiger partial charge in [-0.1, -0.05) is 30.0 Å². The van der Waals surface area contributed by atoms with E-state index in [1.54, 1.807) is 35.8 Å². The van der Waals surface area contributed by atoms with Crippen molar-refractivity contribution in [1.29, 1.82) is 0 Å². The summed E-state index contributed by atoms with van der Waals surface area (Å²) in [6.07, 6.45) is 0.375. The van der Waals surface area contributed by atoms with Crippen molar-refractivity contribution < 1.29 is 13.9 Å². The summed E-state index contributed by atoms with van der Waals surface area (Å²) in [4.78, 5) is 19.2. The van der Waals surface area contributed by atoms with Gasteiger partial charge in [0.25, 0.3) is 0 Å². The molecule has 0 unspecified atom stereocenters. The Balaban J connectivity index is 1.77. The summed E-state index contributed by atoms with van der Waals surface area (Å²) in [5, 5.41) is 0.883. The number of carbonyl (C=O) groups excluding carboxylic acids is 1. The average Bonchev–Trinajstić information content (AvgIpc) is 2.94. The lowest BCUT2D eigenvalue weighted by molar-refractivity contribution is 0.0300. The number of nitrogens with zero attached hydrogens (tertiary/aromatic N) is 1. The molecule has 2 aromatic carbocycles. The second-order valence-electron chi connectivity index (χ2n) is 8.13. The first-order valence-electron chi connectivity index (χ1n) is 9.62. The topological polar surface area (TPSA) is 45.3 Å². The minimum Gasteiger partial charge on any atom is -0.444 e. The molecule has 0 aliphatic heterocycles. The molecule has 0 spiro atoms. The van der Waals surface area contributed by atoms with Gasteiger partial charge in [-0.25, -0.2) is 9.18 Å². The Labute approximate surface area is 175 Å². The third kappa shape index (κ3) is 5.32. The fraction of sp³-hybridized carbons (Fsp3) is 0.348. The van der Waals surface area contributed by atoms with E-state index < -0.39 is 5.60 Å². The highest BCUT2D eigenvalue weighted by Gasteiger charge is 2.20. The number of hydrogen-bond donors (Lipinski definition) is 1. The Morgan fingerprint density at radius 2 is 1.93 bits per heavy atom. The van der Waals surface area contributed by atoms with Gasteiger partial charge in [-0.2, -0.15) is 0 Å². The van der Waals surface area contributed by atoms with Gasteiger partial charge in [0.15, 0.2) is 0 Å². The Hall–Kier alpha value is -2.47. The fourth-order valence-electron chi connectivity index (χ4n) is 3.04. The number of fused-ring (bicyclic) bond motifs is 1. The molecule has 0 aliphatic carbocycles. The van der Waals surface area contributed by atoms with Crippen LogP contribution in [-0.2, 0) is 11.2 Å². The molecular formula is C23H27FN2O2S. The van der Waals surface area contributed by atoms with E-state index in [4.69, 9.17) is 4.74 Å². The Kier molecular flexibility index (Phi) is 6.22. The first kappa shape index (κ1) is 21.2. The highest BCUT2D eigenvalue weighted by Crippen LogP contribution is 2.38. The molecule has 1 heterocycles. The summed E-state index contributed by atoms with van der Waals surface area (Å²) in [6, 6.07) is 12.9. The second-order valence-corrected chi connectivity index (χ2v) is 9.18. The van der Waals surface area contributed by atoms with Gasteiger partial charge in [0.1, 0.15) is 11.4 Å². The van der Waals surface area contributed by atoms with E-state index in [1.165, 1.54) is 6.07 Å². The minimum absolute atomic E-state index is 0.245. The van der Waals surface area contributed by atoms with Crippen LogP contribution in [0.5, 0.6) is 0 Å². The van der Waals surface area contributed by atoms with Crippen molar-refractivity contribution >= 4 is 28.8 Å². The van der Waals surface area contributed by atoms with Crippen LogP contribution < -0.4 is 0 Å². The molecule has 1 aromatic heterocycles. The van der Waals surface area contributed by atoms with E-state index in [1.807, 2.05) is 39.8 Å². The van der Waals surface area contributed by atoms with Gasteiger partial charge in [-0.05, 0) is 63.9 Å². The predicted octanol–water partition coefficient (Wildman–Crippen LogP) is 6.18. The van der Waals surface area contributed by atoms with Crippen LogP contribution in [0.3, 0.4) is 0 Å². The first-order chi connectivity index (χ1) is 13.6. The van der Waals surface area contributed by atoms with Gasteiger partial charge in [0.05, 0.1) is 0 Å². The van der Waals surface area contributed by atoms with Crippen molar-refractivity contribution in [2.24, 2.45) is 0 Å². The quantitative estimate of drug-likeness (QED) is 0.542. The number of carbonyl (C=O) groups is 1. The molecule has 29 heavy (non-hydrogen) atoms. The summed E-state index contributed by atoms with van der Waals surface area (Å²) < 4.78 is 19.2. The number of benzene rings is 2. The van der Waals surface area contributed by atoms with Gasteiger partial charge >= 0.3 is 6.09 Å². The summed E-state index contributed by atoms with van der Waals surface area (Å²) >= 11 is 1.62. The fourth-order valence-corrected chi connectivity index (χ4v) is 4.20. The van der Waals surface area contributed by atoms with Gasteiger partial charge < -0.3 is 14.6 Å². The molecular weight excluding hydrogens is 387 g/mol. The van der Waals surface area contributed by atoms with E-state index >= 15 is 0 Å². The molecule has 3 rings (SSSR count). The van der Waals surface area contributed by atoms with Crippen LogP contribution in [0.4, 0.5) is 9.18 Å². The second kappa shape index (κ2) is 8.49. The number of nitrogens with one attached hydrogen (secondary N) is 1. The minimum atomic E-state index is -0.513. The number of H-pyrrole nitrogens is 1. The number of hydrogen-bond acceptors (Lipinski definition) is 3. The van der Waals surface area contributed by atoms with Crippen molar-refractivity contribution in [2.75, 3.05) is 13.6 Å². The summed E-state index contributed by atoms with van der Waals surface area (Å²) in [7, 11) is 1.75. The van der Waals surface area contributed by atoms with E-state index in [0.717, 1.165) is 32.0 Å². The van der Waals surface area contributed by atoms with Crippen LogP contribution in [0.25, 0.3) is 10.9 Å². The molecule has 6 heteroatoms. The normalized spacial score (nSPS) is 11.7. The summed E-state index contributed by atoms with van der Waals surface area (Å²) in [5.41, 5.74) is 2.56. The van der Waals surface area contributed by atoms with Crippen molar-refractivity contribution in [3.8, 4) is 0 Å². The van der Waals surface area contributed by atoms with E-state index in [2.05, 4.69) is 17.1 Å².